The Hall–Kier alpha value is -1.99. The number of aliphatic carboxylic acids is 1. The monoisotopic (exact) mass is 314 g/mol. The molecular formula is C13H15ClN2O5. The van der Waals surface area contributed by atoms with Crippen molar-refractivity contribution in [2.45, 2.75) is 6.04 Å². The molecule has 21 heavy (non-hydrogen) atoms. The molecule has 2 amide bonds. The number of urea groups is 1. The van der Waals surface area contributed by atoms with Crippen molar-refractivity contribution in [2.24, 2.45) is 5.92 Å². The Bertz CT molecular complexity index is 551. The van der Waals surface area contributed by atoms with E-state index in [0.29, 0.717) is 16.5 Å². The van der Waals surface area contributed by atoms with E-state index in [1.807, 2.05) is 0 Å². The predicted octanol–water partition coefficient (Wildman–Crippen LogP) is 1.57. The lowest BCUT2D eigenvalue weighted by Crippen LogP contribution is -2.44. The van der Waals surface area contributed by atoms with Gasteiger partial charge in [-0.25, -0.2) is 4.79 Å². The second-order valence-corrected chi connectivity index (χ2v) is 4.94. The first-order chi connectivity index (χ1) is 10.0. The summed E-state index contributed by atoms with van der Waals surface area (Å²) >= 11 is 5.95. The van der Waals surface area contributed by atoms with Crippen LogP contribution in [0.5, 0.6) is 5.75 Å². The van der Waals surface area contributed by atoms with E-state index in [2.05, 4.69) is 10.6 Å². The normalized spacial score (nSPS) is 20.9. The molecule has 1 fully saturated rings. The van der Waals surface area contributed by atoms with Crippen molar-refractivity contribution in [1.29, 1.82) is 0 Å². The number of carboxylic acid groups (broad SMARTS) is 1. The fourth-order valence-corrected chi connectivity index (χ4v) is 2.28. The Morgan fingerprint density at radius 3 is 2.81 bits per heavy atom. The SMILES string of the molecule is COc1ccc(NC(=O)NC2COCC2C(=O)O)cc1Cl. The van der Waals surface area contributed by atoms with Gasteiger partial charge in [0.15, 0.2) is 0 Å². The summed E-state index contributed by atoms with van der Waals surface area (Å²) in [4.78, 5) is 22.8. The van der Waals surface area contributed by atoms with E-state index in [1.165, 1.54) is 7.11 Å². The molecule has 8 heteroatoms. The number of halogens is 1. The number of anilines is 1. The third-order valence-corrected chi connectivity index (χ3v) is 3.42. The van der Waals surface area contributed by atoms with Crippen molar-refractivity contribution in [1.82, 2.24) is 5.32 Å². The zero-order valence-corrected chi connectivity index (χ0v) is 12.0. The summed E-state index contributed by atoms with van der Waals surface area (Å²) in [5.74, 6) is -1.24. The summed E-state index contributed by atoms with van der Waals surface area (Å²) in [7, 11) is 1.49. The van der Waals surface area contributed by atoms with Gasteiger partial charge in [0.05, 0.1) is 31.4 Å². The lowest BCUT2D eigenvalue weighted by molar-refractivity contribution is -0.142. The fraction of sp³-hybridized carbons (Fsp3) is 0.385. The van der Waals surface area contributed by atoms with Gasteiger partial charge < -0.3 is 25.2 Å². The number of ether oxygens (including phenoxy) is 2. The summed E-state index contributed by atoms with van der Waals surface area (Å²) in [5, 5.41) is 14.5. The molecule has 1 heterocycles. The van der Waals surface area contributed by atoms with Gasteiger partial charge >= 0.3 is 12.0 Å². The summed E-state index contributed by atoms with van der Waals surface area (Å²) in [6, 6.07) is 3.72. The lowest BCUT2D eigenvalue weighted by Gasteiger charge is -2.16. The molecule has 1 aliphatic heterocycles. The largest absolute Gasteiger partial charge is 0.495 e. The molecule has 2 unspecified atom stereocenters. The van der Waals surface area contributed by atoms with E-state index in [0.717, 1.165) is 0 Å². The summed E-state index contributed by atoms with van der Waals surface area (Å²) in [6.45, 7) is 0.266. The molecule has 0 aliphatic carbocycles. The van der Waals surface area contributed by atoms with Crippen LogP contribution in [0.1, 0.15) is 0 Å². The molecule has 3 N–H and O–H groups in total. The molecule has 1 aliphatic rings. The number of nitrogens with one attached hydrogen (secondary N) is 2. The van der Waals surface area contributed by atoms with Gasteiger partial charge in [0, 0.05) is 5.69 Å². The van der Waals surface area contributed by atoms with Gasteiger partial charge in [0.1, 0.15) is 11.7 Å². The molecule has 1 aromatic carbocycles. The Morgan fingerprint density at radius 1 is 1.43 bits per heavy atom. The zero-order valence-electron chi connectivity index (χ0n) is 11.3. The number of carbonyl (C=O) groups excluding carboxylic acids is 1. The quantitative estimate of drug-likeness (QED) is 0.784. The van der Waals surface area contributed by atoms with Crippen LogP contribution in [-0.4, -0.2) is 43.5 Å². The van der Waals surface area contributed by atoms with Gasteiger partial charge in [-0.3, -0.25) is 4.79 Å². The Kier molecular flexibility index (Phi) is 4.87. The van der Waals surface area contributed by atoms with Crippen molar-refractivity contribution in [3.63, 3.8) is 0 Å². The Balaban J connectivity index is 1.95. The van der Waals surface area contributed by atoms with Gasteiger partial charge in [-0.15, -0.1) is 0 Å². The van der Waals surface area contributed by atoms with Crippen LogP contribution in [0.3, 0.4) is 0 Å². The summed E-state index contributed by atoms with van der Waals surface area (Å²) < 4.78 is 10.1. The van der Waals surface area contributed by atoms with E-state index in [9.17, 15) is 9.59 Å². The predicted molar refractivity (Wildman–Crippen MR) is 75.9 cm³/mol. The molecule has 0 bridgehead atoms. The average molecular weight is 315 g/mol. The number of carboxylic acids is 1. The first-order valence-electron chi connectivity index (χ1n) is 6.23. The minimum Gasteiger partial charge on any atom is -0.495 e. The molecule has 2 rings (SSSR count). The molecule has 1 saturated heterocycles. The number of benzene rings is 1. The van der Waals surface area contributed by atoms with Crippen LogP contribution in [0.25, 0.3) is 0 Å². The van der Waals surface area contributed by atoms with Gasteiger partial charge in [0.2, 0.25) is 0 Å². The number of methoxy groups -OCH3 is 1. The highest BCUT2D eigenvalue weighted by Crippen LogP contribution is 2.27. The van der Waals surface area contributed by atoms with Crippen LogP contribution in [0.4, 0.5) is 10.5 Å². The van der Waals surface area contributed by atoms with E-state index in [4.69, 9.17) is 26.2 Å². The number of amides is 2. The molecule has 1 aromatic rings. The number of carbonyl (C=O) groups is 2. The van der Waals surface area contributed by atoms with Crippen molar-refractivity contribution < 1.29 is 24.2 Å². The van der Waals surface area contributed by atoms with E-state index >= 15 is 0 Å². The second-order valence-electron chi connectivity index (χ2n) is 4.54. The van der Waals surface area contributed by atoms with Crippen LogP contribution in [0.2, 0.25) is 5.02 Å². The van der Waals surface area contributed by atoms with Crippen LogP contribution in [0, 0.1) is 5.92 Å². The average Bonchev–Trinajstić information content (AvgIpc) is 2.87. The van der Waals surface area contributed by atoms with Crippen LogP contribution < -0.4 is 15.4 Å². The van der Waals surface area contributed by atoms with Crippen LogP contribution in [0.15, 0.2) is 18.2 Å². The molecule has 114 valence electrons. The van der Waals surface area contributed by atoms with Crippen LogP contribution in [-0.2, 0) is 9.53 Å². The number of rotatable bonds is 4. The lowest BCUT2D eigenvalue weighted by atomic mass is 10.0. The minimum atomic E-state index is -0.995. The molecule has 0 spiro atoms. The van der Waals surface area contributed by atoms with Crippen molar-refractivity contribution in [2.75, 3.05) is 25.6 Å². The molecular weight excluding hydrogens is 300 g/mol. The minimum absolute atomic E-state index is 0.0919. The van der Waals surface area contributed by atoms with Crippen molar-refractivity contribution >= 4 is 29.3 Å². The Morgan fingerprint density at radius 2 is 2.19 bits per heavy atom. The highest BCUT2D eigenvalue weighted by molar-refractivity contribution is 6.32. The molecule has 0 aromatic heterocycles. The molecule has 7 nitrogen and oxygen atoms in total. The first kappa shape index (κ1) is 15.4. The Labute approximate surface area is 126 Å². The van der Waals surface area contributed by atoms with Gasteiger partial charge in [-0.2, -0.15) is 0 Å². The molecule has 0 radical (unpaired) electrons. The van der Waals surface area contributed by atoms with E-state index < -0.39 is 24.0 Å². The highest BCUT2D eigenvalue weighted by atomic mass is 35.5. The maximum absolute atomic E-state index is 11.9. The summed E-state index contributed by atoms with van der Waals surface area (Å²) in [5.41, 5.74) is 0.476. The standard InChI is InChI=1S/C13H15ClN2O5/c1-20-11-3-2-7(4-9(11)14)15-13(19)16-10-6-21-5-8(10)12(17)18/h2-4,8,10H,5-6H2,1H3,(H,17,18)(H2,15,16,19). The topological polar surface area (TPSA) is 96.9 Å². The molecule has 0 saturated carbocycles. The highest BCUT2D eigenvalue weighted by Gasteiger charge is 2.35. The van der Waals surface area contributed by atoms with E-state index in [-0.39, 0.29) is 13.2 Å². The van der Waals surface area contributed by atoms with E-state index in [1.54, 1.807) is 18.2 Å². The van der Waals surface area contributed by atoms with Gasteiger partial charge in [0.25, 0.3) is 0 Å². The number of hydrogen-bond donors (Lipinski definition) is 3. The molecule has 2 atom stereocenters. The third kappa shape index (κ3) is 3.77. The van der Waals surface area contributed by atoms with Gasteiger partial charge in [-0.05, 0) is 18.2 Å². The fourth-order valence-electron chi connectivity index (χ4n) is 2.02. The summed E-state index contributed by atoms with van der Waals surface area (Å²) in [6.07, 6.45) is 0. The smallest absolute Gasteiger partial charge is 0.319 e. The maximum atomic E-state index is 11.9. The first-order valence-corrected chi connectivity index (χ1v) is 6.60. The van der Waals surface area contributed by atoms with Crippen molar-refractivity contribution in [3.05, 3.63) is 23.2 Å². The van der Waals surface area contributed by atoms with Crippen LogP contribution >= 0.6 is 11.6 Å². The second kappa shape index (κ2) is 6.64. The number of hydrogen-bond acceptors (Lipinski definition) is 4. The third-order valence-electron chi connectivity index (χ3n) is 3.12. The van der Waals surface area contributed by atoms with Gasteiger partial charge in [-0.1, -0.05) is 11.6 Å². The maximum Gasteiger partial charge on any atom is 0.319 e. The van der Waals surface area contributed by atoms with Crippen molar-refractivity contribution in [3.8, 4) is 5.75 Å². The zero-order chi connectivity index (χ0) is 15.4.